The second-order valence-electron chi connectivity index (χ2n) is 4.46. The van der Waals surface area contributed by atoms with E-state index in [1.54, 1.807) is 6.20 Å². The van der Waals surface area contributed by atoms with E-state index in [1.165, 1.54) is 23.5 Å². The van der Waals surface area contributed by atoms with Crippen LogP contribution in [0.25, 0.3) is 10.4 Å². The molecule has 1 aromatic carbocycles. The standard InChI is InChI=1S/C13H14F2N2S/c1-8(2)6-16-13-17-7-12(18-13)9-3-10(14)5-11(15)4-9/h3-5,7-8H,6H2,1-2H3,(H,16,17). The molecule has 0 spiro atoms. The SMILES string of the molecule is CC(C)CNc1ncc(-c2cc(F)cc(F)c2)s1. The van der Waals surface area contributed by atoms with Crippen molar-refractivity contribution in [3.8, 4) is 10.4 Å². The number of benzene rings is 1. The molecule has 0 saturated heterocycles. The van der Waals surface area contributed by atoms with Crippen LogP contribution in [0, 0.1) is 17.6 Å². The molecule has 5 heteroatoms. The van der Waals surface area contributed by atoms with Crippen LogP contribution < -0.4 is 5.32 Å². The molecule has 0 amide bonds. The average molecular weight is 268 g/mol. The van der Waals surface area contributed by atoms with Gasteiger partial charge in [0.1, 0.15) is 11.6 Å². The molecule has 1 N–H and O–H groups in total. The van der Waals surface area contributed by atoms with Crippen LogP contribution in [0.2, 0.25) is 0 Å². The minimum Gasteiger partial charge on any atom is -0.361 e. The van der Waals surface area contributed by atoms with Gasteiger partial charge in [-0.15, -0.1) is 0 Å². The molecule has 18 heavy (non-hydrogen) atoms. The largest absolute Gasteiger partial charge is 0.361 e. The van der Waals surface area contributed by atoms with Gasteiger partial charge in [-0.25, -0.2) is 13.8 Å². The van der Waals surface area contributed by atoms with Crippen LogP contribution in [0.15, 0.2) is 24.4 Å². The van der Waals surface area contributed by atoms with Crippen LogP contribution in [-0.4, -0.2) is 11.5 Å². The number of thiazole rings is 1. The molecule has 0 saturated carbocycles. The summed E-state index contributed by atoms with van der Waals surface area (Å²) in [5.74, 6) is -0.630. The van der Waals surface area contributed by atoms with E-state index in [2.05, 4.69) is 24.1 Å². The van der Waals surface area contributed by atoms with Gasteiger partial charge in [-0.1, -0.05) is 25.2 Å². The highest BCUT2D eigenvalue weighted by Gasteiger charge is 2.07. The first-order valence-electron chi connectivity index (χ1n) is 5.71. The van der Waals surface area contributed by atoms with Gasteiger partial charge in [-0.2, -0.15) is 0 Å². The summed E-state index contributed by atoms with van der Waals surface area (Å²) in [6.07, 6.45) is 1.63. The third kappa shape index (κ3) is 3.26. The highest BCUT2D eigenvalue weighted by atomic mass is 32.1. The van der Waals surface area contributed by atoms with Gasteiger partial charge in [-0.05, 0) is 23.6 Å². The first kappa shape index (κ1) is 13.0. The predicted octanol–water partition coefficient (Wildman–Crippen LogP) is 4.16. The number of nitrogens with zero attached hydrogens (tertiary/aromatic N) is 1. The van der Waals surface area contributed by atoms with Gasteiger partial charge in [-0.3, -0.25) is 0 Å². The molecule has 1 aromatic heterocycles. The zero-order chi connectivity index (χ0) is 13.1. The van der Waals surface area contributed by atoms with Crippen LogP contribution in [0.1, 0.15) is 13.8 Å². The van der Waals surface area contributed by atoms with E-state index in [4.69, 9.17) is 0 Å². The van der Waals surface area contributed by atoms with Crippen molar-refractivity contribution in [3.05, 3.63) is 36.0 Å². The number of rotatable bonds is 4. The van der Waals surface area contributed by atoms with Crippen molar-refractivity contribution < 1.29 is 8.78 Å². The average Bonchev–Trinajstić information content (AvgIpc) is 2.73. The zero-order valence-electron chi connectivity index (χ0n) is 10.2. The molecule has 0 bridgehead atoms. The molecule has 2 nitrogen and oxygen atoms in total. The quantitative estimate of drug-likeness (QED) is 0.900. The Bertz CT molecular complexity index is 517. The van der Waals surface area contributed by atoms with Crippen molar-refractivity contribution in [3.63, 3.8) is 0 Å². The minimum atomic E-state index is -0.574. The van der Waals surface area contributed by atoms with E-state index in [-0.39, 0.29) is 0 Å². The molecule has 0 fully saturated rings. The van der Waals surface area contributed by atoms with Gasteiger partial charge in [0.15, 0.2) is 5.13 Å². The molecule has 0 unspecified atom stereocenters. The van der Waals surface area contributed by atoms with Crippen LogP contribution in [0.4, 0.5) is 13.9 Å². The molecule has 0 aliphatic heterocycles. The molecular formula is C13H14F2N2S. The summed E-state index contributed by atoms with van der Waals surface area (Å²) < 4.78 is 26.2. The van der Waals surface area contributed by atoms with Crippen molar-refractivity contribution in [2.45, 2.75) is 13.8 Å². The summed E-state index contributed by atoms with van der Waals surface area (Å²) in [6, 6.07) is 3.48. The summed E-state index contributed by atoms with van der Waals surface area (Å²) in [4.78, 5) is 4.94. The number of anilines is 1. The van der Waals surface area contributed by atoms with Crippen LogP contribution in [0.5, 0.6) is 0 Å². The number of aromatic nitrogens is 1. The fraction of sp³-hybridized carbons (Fsp3) is 0.308. The van der Waals surface area contributed by atoms with Gasteiger partial charge < -0.3 is 5.32 Å². The summed E-state index contributed by atoms with van der Waals surface area (Å²) in [5, 5.41) is 3.95. The Hall–Kier alpha value is -1.49. The Kier molecular flexibility index (Phi) is 3.91. The maximum Gasteiger partial charge on any atom is 0.183 e. The summed E-state index contributed by atoms with van der Waals surface area (Å²) in [7, 11) is 0. The molecule has 0 atom stereocenters. The number of hydrogen-bond acceptors (Lipinski definition) is 3. The van der Waals surface area contributed by atoms with Crippen molar-refractivity contribution in [2.75, 3.05) is 11.9 Å². The minimum absolute atomic E-state index is 0.516. The molecule has 2 rings (SSSR count). The van der Waals surface area contributed by atoms with Crippen molar-refractivity contribution in [1.82, 2.24) is 4.98 Å². The predicted molar refractivity (Wildman–Crippen MR) is 70.8 cm³/mol. The van der Waals surface area contributed by atoms with Gasteiger partial charge >= 0.3 is 0 Å². The first-order chi connectivity index (χ1) is 8.54. The summed E-state index contributed by atoms with van der Waals surface area (Å²) >= 11 is 1.39. The van der Waals surface area contributed by atoms with E-state index in [1.807, 2.05) is 0 Å². The van der Waals surface area contributed by atoms with Crippen LogP contribution in [0.3, 0.4) is 0 Å². The fourth-order valence-electron chi connectivity index (χ4n) is 1.48. The topological polar surface area (TPSA) is 24.9 Å². The fourth-order valence-corrected chi connectivity index (χ4v) is 2.29. The third-order valence-electron chi connectivity index (χ3n) is 2.31. The summed E-state index contributed by atoms with van der Waals surface area (Å²) in [6.45, 7) is 5.03. The third-order valence-corrected chi connectivity index (χ3v) is 3.32. The van der Waals surface area contributed by atoms with E-state index < -0.39 is 11.6 Å². The molecule has 0 aliphatic carbocycles. The lowest BCUT2D eigenvalue weighted by Crippen LogP contribution is -2.07. The van der Waals surface area contributed by atoms with E-state index in [0.717, 1.165) is 22.6 Å². The van der Waals surface area contributed by atoms with Crippen LogP contribution >= 0.6 is 11.3 Å². The lowest BCUT2D eigenvalue weighted by molar-refractivity contribution is 0.584. The normalized spacial score (nSPS) is 10.9. The lowest BCUT2D eigenvalue weighted by Gasteiger charge is -2.04. The first-order valence-corrected chi connectivity index (χ1v) is 6.52. The Labute approximate surface area is 109 Å². The smallest absolute Gasteiger partial charge is 0.183 e. The van der Waals surface area contributed by atoms with Crippen molar-refractivity contribution in [1.29, 1.82) is 0 Å². The maximum atomic E-state index is 13.1. The van der Waals surface area contributed by atoms with Gasteiger partial charge in [0, 0.05) is 18.8 Å². The monoisotopic (exact) mass is 268 g/mol. The second-order valence-corrected chi connectivity index (χ2v) is 5.49. The van der Waals surface area contributed by atoms with Gasteiger partial charge in [0.25, 0.3) is 0 Å². The Balaban J connectivity index is 2.18. The molecule has 96 valence electrons. The number of hydrogen-bond donors (Lipinski definition) is 1. The molecule has 0 radical (unpaired) electrons. The Morgan fingerprint density at radius 2 is 1.89 bits per heavy atom. The summed E-state index contributed by atoms with van der Waals surface area (Å²) in [5.41, 5.74) is 0.516. The molecular weight excluding hydrogens is 254 g/mol. The van der Waals surface area contributed by atoms with E-state index in [0.29, 0.717) is 11.5 Å². The van der Waals surface area contributed by atoms with Crippen LogP contribution in [-0.2, 0) is 0 Å². The Morgan fingerprint density at radius 3 is 2.50 bits per heavy atom. The lowest BCUT2D eigenvalue weighted by atomic mass is 10.2. The van der Waals surface area contributed by atoms with Gasteiger partial charge in [0.2, 0.25) is 0 Å². The van der Waals surface area contributed by atoms with E-state index in [9.17, 15) is 8.78 Å². The highest BCUT2D eigenvalue weighted by Crippen LogP contribution is 2.29. The highest BCUT2D eigenvalue weighted by molar-refractivity contribution is 7.18. The molecule has 0 aliphatic rings. The van der Waals surface area contributed by atoms with Crippen molar-refractivity contribution in [2.24, 2.45) is 5.92 Å². The van der Waals surface area contributed by atoms with E-state index >= 15 is 0 Å². The van der Waals surface area contributed by atoms with Crippen molar-refractivity contribution >= 4 is 16.5 Å². The number of nitrogens with one attached hydrogen (secondary N) is 1. The second kappa shape index (κ2) is 5.44. The molecule has 1 heterocycles. The Morgan fingerprint density at radius 1 is 1.22 bits per heavy atom. The maximum absolute atomic E-state index is 13.1. The van der Waals surface area contributed by atoms with Gasteiger partial charge in [0.05, 0.1) is 4.88 Å². The zero-order valence-corrected chi connectivity index (χ0v) is 11.0. The number of halogens is 2. The molecule has 2 aromatic rings.